The van der Waals surface area contributed by atoms with Gasteiger partial charge in [0.25, 0.3) is 0 Å². The minimum atomic E-state index is 0.400. The fourth-order valence-electron chi connectivity index (χ4n) is 2.40. The lowest BCUT2D eigenvalue weighted by Crippen LogP contribution is -2.19. The molecule has 0 aromatic carbocycles. The Balaban J connectivity index is 1.90. The smallest absolute Gasteiger partial charge is 0.0459 e. The summed E-state index contributed by atoms with van der Waals surface area (Å²) in [4.78, 5) is 0. The van der Waals surface area contributed by atoms with Gasteiger partial charge in [-0.2, -0.15) is 0 Å². The average Bonchev–Trinajstić information content (AvgIpc) is 2.81. The minimum absolute atomic E-state index is 0.400. The SMILES string of the molecule is C[C@@H](CO)C(C1CC1)C1CC1. The highest BCUT2D eigenvalue weighted by Gasteiger charge is 2.43. The molecular formula is C10H18O. The molecule has 2 aliphatic rings. The highest BCUT2D eigenvalue weighted by molar-refractivity contribution is 4.93. The second-order valence-electron chi connectivity index (χ2n) is 4.41. The summed E-state index contributed by atoms with van der Waals surface area (Å²) in [7, 11) is 0. The van der Waals surface area contributed by atoms with Crippen LogP contribution in [0.3, 0.4) is 0 Å². The molecule has 0 aliphatic heterocycles. The van der Waals surface area contributed by atoms with Crippen LogP contribution >= 0.6 is 0 Å². The predicted molar refractivity (Wildman–Crippen MR) is 45.2 cm³/mol. The molecule has 64 valence electrons. The molecule has 1 nitrogen and oxygen atoms in total. The summed E-state index contributed by atoms with van der Waals surface area (Å²) in [6.45, 7) is 2.61. The van der Waals surface area contributed by atoms with Crippen LogP contribution in [0.2, 0.25) is 0 Å². The Bertz CT molecular complexity index is 124. The molecule has 0 saturated heterocycles. The molecule has 2 saturated carbocycles. The van der Waals surface area contributed by atoms with E-state index in [1.54, 1.807) is 0 Å². The number of aliphatic hydroxyl groups excluding tert-OH is 1. The molecule has 11 heavy (non-hydrogen) atoms. The van der Waals surface area contributed by atoms with E-state index in [1.807, 2.05) is 0 Å². The summed E-state index contributed by atoms with van der Waals surface area (Å²) in [6.07, 6.45) is 5.74. The number of hydrogen-bond acceptors (Lipinski definition) is 1. The van der Waals surface area contributed by atoms with Gasteiger partial charge in [-0.25, -0.2) is 0 Å². The van der Waals surface area contributed by atoms with Crippen molar-refractivity contribution in [3.63, 3.8) is 0 Å². The van der Waals surface area contributed by atoms with Crippen molar-refractivity contribution >= 4 is 0 Å². The summed E-state index contributed by atoms with van der Waals surface area (Å²) < 4.78 is 0. The quantitative estimate of drug-likeness (QED) is 0.657. The van der Waals surface area contributed by atoms with E-state index in [9.17, 15) is 0 Å². The Morgan fingerprint density at radius 3 is 1.91 bits per heavy atom. The van der Waals surface area contributed by atoms with Crippen LogP contribution in [-0.4, -0.2) is 11.7 Å². The lowest BCUT2D eigenvalue weighted by Gasteiger charge is -2.21. The maximum atomic E-state index is 9.06. The van der Waals surface area contributed by atoms with E-state index in [-0.39, 0.29) is 0 Å². The zero-order valence-corrected chi connectivity index (χ0v) is 7.29. The molecule has 0 heterocycles. The van der Waals surface area contributed by atoms with Crippen LogP contribution in [0.1, 0.15) is 32.6 Å². The van der Waals surface area contributed by atoms with E-state index in [4.69, 9.17) is 5.11 Å². The van der Waals surface area contributed by atoms with Gasteiger partial charge in [-0.15, -0.1) is 0 Å². The molecule has 0 unspecified atom stereocenters. The van der Waals surface area contributed by atoms with Crippen molar-refractivity contribution in [2.75, 3.05) is 6.61 Å². The van der Waals surface area contributed by atoms with Crippen molar-refractivity contribution in [2.24, 2.45) is 23.7 Å². The summed E-state index contributed by atoms with van der Waals surface area (Å²) in [5, 5.41) is 9.06. The van der Waals surface area contributed by atoms with E-state index in [1.165, 1.54) is 25.7 Å². The van der Waals surface area contributed by atoms with Gasteiger partial charge >= 0.3 is 0 Å². The molecule has 0 spiro atoms. The number of hydrogen-bond donors (Lipinski definition) is 1. The van der Waals surface area contributed by atoms with E-state index >= 15 is 0 Å². The summed E-state index contributed by atoms with van der Waals surface area (Å²) in [6, 6.07) is 0. The standard InChI is InChI=1S/C10H18O/c1-7(6-11)10(8-2-3-8)9-4-5-9/h7-11H,2-6H2,1H3/t7-/m0/s1. The fraction of sp³-hybridized carbons (Fsp3) is 1.00. The molecular weight excluding hydrogens is 136 g/mol. The lowest BCUT2D eigenvalue weighted by atomic mass is 9.86. The van der Waals surface area contributed by atoms with Gasteiger partial charge in [-0.1, -0.05) is 6.92 Å². The van der Waals surface area contributed by atoms with Gasteiger partial charge in [0.15, 0.2) is 0 Å². The molecule has 1 atom stereocenters. The first-order valence-corrected chi connectivity index (χ1v) is 4.93. The third kappa shape index (κ3) is 1.58. The Kier molecular flexibility index (Phi) is 1.92. The molecule has 2 rings (SSSR count). The minimum Gasteiger partial charge on any atom is -0.396 e. The van der Waals surface area contributed by atoms with Crippen molar-refractivity contribution in [1.82, 2.24) is 0 Å². The van der Waals surface area contributed by atoms with Crippen LogP contribution < -0.4 is 0 Å². The Morgan fingerprint density at radius 2 is 1.64 bits per heavy atom. The topological polar surface area (TPSA) is 20.2 Å². The summed E-state index contributed by atoms with van der Waals surface area (Å²) in [5.74, 6) is 3.42. The van der Waals surface area contributed by atoms with Crippen LogP contribution in [0, 0.1) is 23.7 Å². The van der Waals surface area contributed by atoms with Crippen LogP contribution in [0.15, 0.2) is 0 Å². The molecule has 0 amide bonds. The van der Waals surface area contributed by atoms with E-state index in [0.29, 0.717) is 12.5 Å². The van der Waals surface area contributed by atoms with E-state index in [2.05, 4.69) is 6.92 Å². The average molecular weight is 154 g/mol. The van der Waals surface area contributed by atoms with Gasteiger partial charge < -0.3 is 5.11 Å². The van der Waals surface area contributed by atoms with E-state index in [0.717, 1.165) is 17.8 Å². The van der Waals surface area contributed by atoms with Crippen molar-refractivity contribution in [3.05, 3.63) is 0 Å². The van der Waals surface area contributed by atoms with Crippen molar-refractivity contribution in [2.45, 2.75) is 32.6 Å². The van der Waals surface area contributed by atoms with Gasteiger partial charge in [-0.05, 0) is 49.4 Å². The Morgan fingerprint density at radius 1 is 1.18 bits per heavy atom. The molecule has 0 aromatic heterocycles. The molecule has 1 heteroatoms. The predicted octanol–water partition coefficient (Wildman–Crippen LogP) is 2.05. The van der Waals surface area contributed by atoms with Crippen molar-refractivity contribution in [3.8, 4) is 0 Å². The van der Waals surface area contributed by atoms with Gasteiger partial charge in [0.05, 0.1) is 0 Å². The lowest BCUT2D eigenvalue weighted by molar-refractivity contribution is 0.161. The van der Waals surface area contributed by atoms with Crippen molar-refractivity contribution in [1.29, 1.82) is 0 Å². The summed E-state index contributed by atoms with van der Waals surface area (Å²) >= 11 is 0. The maximum Gasteiger partial charge on any atom is 0.0459 e. The zero-order valence-electron chi connectivity index (χ0n) is 7.29. The van der Waals surface area contributed by atoms with E-state index < -0.39 is 0 Å². The zero-order chi connectivity index (χ0) is 7.84. The van der Waals surface area contributed by atoms with Crippen LogP contribution in [0.25, 0.3) is 0 Å². The highest BCUT2D eigenvalue weighted by Crippen LogP contribution is 2.52. The van der Waals surface area contributed by atoms with Crippen molar-refractivity contribution < 1.29 is 5.11 Å². The second-order valence-corrected chi connectivity index (χ2v) is 4.41. The van der Waals surface area contributed by atoms with Crippen LogP contribution in [0.5, 0.6) is 0 Å². The van der Waals surface area contributed by atoms with Crippen LogP contribution in [0.4, 0.5) is 0 Å². The van der Waals surface area contributed by atoms with Gasteiger partial charge in [0, 0.05) is 6.61 Å². The normalized spacial score (nSPS) is 27.5. The third-order valence-corrected chi connectivity index (χ3v) is 3.28. The fourth-order valence-corrected chi connectivity index (χ4v) is 2.40. The molecule has 0 bridgehead atoms. The molecule has 2 fully saturated rings. The maximum absolute atomic E-state index is 9.06. The highest BCUT2D eigenvalue weighted by atomic mass is 16.3. The largest absolute Gasteiger partial charge is 0.396 e. The summed E-state index contributed by atoms with van der Waals surface area (Å²) in [5.41, 5.74) is 0. The first-order chi connectivity index (χ1) is 5.33. The molecule has 0 radical (unpaired) electrons. The van der Waals surface area contributed by atoms with Gasteiger partial charge in [-0.3, -0.25) is 0 Å². The van der Waals surface area contributed by atoms with Gasteiger partial charge in [0.1, 0.15) is 0 Å². The van der Waals surface area contributed by atoms with Gasteiger partial charge in [0.2, 0.25) is 0 Å². The molecule has 1 N–H and O–H groups in total. The monoisotopic (exact) mass is 154 g/mol. The first kappa shape index (κ1) is 7.60. The molecule has 0 aromatic rings. The first-order valence-electron chi connectivity index (χ1n) is 4.93. The van der Waals surface area contributed by atoms with Crippen LogP contribution in [-0.2, 0) is 0 Å². The number of rotatable bonds is 4. The molecule has 2 aliphatic carbocycles. The Hall–Kier alpha value is -0.0400. The third-order valence-electron chi connectivity index (χ3n) is 3.28. The number of aliphatic hydroxyl groups is 1. The second kappa shape index (κ2) is 2.78. The Labute approximate surface area is 68.8 Å².